The van der Waals surface area contributed by atoms with E-state index in [1.165, 1.54) is 32.3 Å². The Morgan fingerprint density at radius 3 is 2.32 bits per heavy atom. The summed E-state index contributed by atoms with van der Waals surface area (Å²) in [4.78, 5) is 15.2. The third-order valence-electron chi connectivity index (χ3n) is 3.75. The zero-order chi connectivity index (χ0) is 16.0. The van der Waals surface area contributed by atoms with Gasteiger partial charge in [-0.15, -0.1) is 0 Å². The smallest absolute Gasteiger partial charge is 0.335 e. The highest BCUT2D eigenvalue weighted by Crippen LogP contribution is 2.40. The number of hydrogen-bond acceptors (Lipinski definition) is 3. The predicted molar refractivity (Wildman–Crippen MR) is 76.2 cm³/mol. The van der Waals surface area contributed by atoms with Crippen molar-refractivity contribution in [3.05, 3.63) is 42.4 Å². The lowest BCUT2D eigenvalue weighted by atomic mass is 9.83. The van der Waals surface area contributed by atoms with Gasteiger partial charge in [0.1, 0.15) is 17.7 Å². The Balaban J connectivity index is 1.98. The number of nitrogens with one attached hydrogen (secondary N) is 1. The highest BCUT2D eigenvalue weighted by atomic mass is 19.4. The fraction of sp³-hybridized carbons (Fsp3) is 0.267. The summed E-state index contributed by atoms with van der Waals surface area (Å²) in [5.41, 5.74) is 0.200. The van der Waals surface area contributed by atoms with Gasteiger partial charge in [-0.2, -0.15) is 13.2 Å². The zero-order valence-corrected chi connectivity index (χ0v) is 11.9. The fourth-order valence-electron chi connectivity index (χ4n) is 2.11. The predicted octanol–water partition coefficient (Wildman–Crippen LogP) is 3.86. The molecule has 22 heavy (non-hydrogen) atoms. The lowest BCUT2D eigenvalue weighted by Crippen LogP contribution is -2.36. The van der Waals surface area contributed by atoms with Gasteiger partial charge in [0.05, 0.1) is 11.6 Å². The lowest BCUT2D eigenvalue weighted by molar-refractivity contribution is -0.180. The van der Waals surface area contributed by atoms with Crippen LogP contribution in [0.3, 0.4) is 0 Å². The number of imidazole rings is 1. The number of nitrogens with zero attached hydrogens (tertiary/aromatic N) is 3. The van der Waals surface area contributed by atoms with Crippen molar-refractivity contribution in [2.24, 2.45) is 0 Å². The van der Waals surface area contributed by atoms with Crippen LogP contribution in [0.2, 0.25) is 0 Å². The van der Waals surface area contributed by atoms with Gasteiger partial charge in [0.15, 0.2) is 5.65 Å². The molecule has 0 fully saturated rings. The van der Waals surface area contributed by atoms with E-state index in [-0.39, 0.29) is 5.56 Å². The van der Waals surface area contributed by atoms with Gasteiger partial charge in [-0.1, -0.05) is 24.3 Å². The normalized spacial score (nSPS) is 12.8. The number of H-pyrrole nitrogens is 1. The summed E-state index contributed by atoms with van der Waals surface area (Å²) in [5, 5.41) is 0. The topological polar surface area (TPSA) is 54.5 Å². The Morgan fingerprint density at radius 2 is 1.73 bits per heavy atom. The minimum atomic E-state index is -4.30. The summed E-state index contributed by atoms with van der Waals surface area (Å²) in [6.07, 6.45) is -1.31. The Labute approximate surface area is 124 Å². The molecule has 0 amide bonds. The molecule has 0 unspecified atom stereocenters. The van der Waals surface area contributed by atoms with Gasteiger partial charge in [-0.25, -0.2) is 15.0 Å². The molecular weight excluding hydrogens is 293 g/mol. The molecule has 0 spiro atoms. The van der Waals surface area contributed by atoms with Crippen LogP contribution >= 0.6 is 0 Å². The number of rotatable bonds is 2. The van der Waals surface area contributed by atoms with Crippen LogP contribution in [-0.4, -0.2) is 26.1 Å². The van der Waals surface area contributed by atoms with Crippen LogP contribution in [0.15, 0.2) is 36.8 Å². The molecule has 1 N–H and O–H groups in total. The van der Waals surface area contributed by atoms with E-state index in [2.05, 4.69) is 19.9 Å². The number of aromatic amines is 1. The van der Waals surface area contributed by atoms with E-state index in [1.807, 2.05) is 0 Å². The van der Waals surface area contributed by atoms with E-state index in [1.54, 1.807) is 18.3 Å². The molecule has 0 saturated carbocycles. The van der Waals surface area contributed by atoms with Crippen molar-refractivity contribution in [2.45, 2.75) is 25.4 Å². The van der Waals surface area contributed by atoms with Gasteiger partial charge < -0.3 is 4.98 Å². The number of alkyl halides is 3. The first-order chi connectivity index (χ1) is 10.3. The molecule has 0 saturated heterocycles. The molecule has 0 bridgehead atoms. The molecule has 0 atom stereocenters. The molecule has 7 heteroatoms. The molecular formula is C15H13F3N4. The van der Waals surface area contributed by atoms with E-state index in [4.69, 9.17) is 0 Å². The highest BCUT2D eigenvalue weighted by molar-refractivity contribution is 5.74. The van der Waals surface area contributed by atoms with Crippen molar-refractivity contribution in [1.82, 2.24) is 19.9 Å². The van der Waals surface area contributed by atoms with Crippen LogP contribution in [0.4, 0.5) is 13.2 Å². The summed E-state index contributed by atoms with van der Waals surface area (Å²) in [5.74, 6) is 0.548. The number of benzene rings is 1. The van der Waals surface area contributed by atoms with E-state index in [0.717, 1.165) is 0 Å². The van der Waals surface area contributed by atoms with Crippen molar-refractivity contribution in [3.8, 4) is 11.4 Å². The first-order valence-electron chi connectivity index (χ1n) is 6.62. The summed E-state index contributed by atoms with van der Waals surface area (Å²) < 4.78 is 39.1. The van der Waals surface area contributed by atoms with Crippen LogP contribution in [0.5, 0.6) is 0 Å². The molecule has 3 aromatic rings. The molecule has 2 aromatic heterocycles. The molecule has 3 rings (SSSR count). The van der Waals surface area contributed by atoms with E-state index in [0.29, 0.717) is 22.6 Å². The van der Waals surface area contributed by atoms with Crippen molar-refractivity contribution in [1.29, 1.82) is 0 Å². The maximum atomic E-state index is 13.0. The lowest BCUT2D eigenvalue weighted by Gasteiger charge is -2.28. The Hall–Kier alpha value is -2.44. The Kier molecular flexibility index (Phi) is 3.16. The van der Waals surface area contributed by atoms with Crippen LogP contribution < -0.4 is 0 Å². The highest BCUT2D eigenvalue weighted by Gasteiger charge is 2.48. The maximum absolute atomic E-state index is 13.0. The van der Waals surface area contributed by atoms with Gasteiger partial charge in [0, 0.05) is 5.56 Å². The number of fused-ring (bicyclic) bond motifs is 1. The van der Waals surface area contributed by atoms with Gasteiger partial charge in [-0.05, 0) is 19.4 Å². The first-order valence-corrected chi connectivity index (χ1v) is 6.62. The summed E-state index contributed by atoms with van der Waals surface area (Å²) >= 11 is 0. The van der Waals surface area contributed by atoms with Crippen molar-refractivity contribution in [2.75, 3.05) is 0 Å². The second kappa shape index (κ2) is 4.79. The fourth-order valence-corrected chi connectivity index (χ4v) is 2.11. The number of hydrogen-bond donors (Lipinski definition) is 1. The van der Waals surface area contributed by atoms with Gasteiger partial charge >= 0.3 is 6.18 Å². The van der Waals surface area contributed by atoms with Gasteiger partial charge in [0.25, 0.3) is 0 Å². The van der Waals surface area contributed by atoms with E-state index < -0.39 is 11.6 Å². The van der Waals surface area contributed by atoms with Crippen molar-refractivity contribution >= 4 is 11.2 Å². The molecule has 0 aliphatic heterocycles. The molecule has 0 radical (unpaired) electrons. The standard InChI is InChI=1S/C15H13F3N4/c1-14(2,15(16,17)18)10-5-3-9(4-6-10)12-21-11-7-19-8-20-13(11)22-12/h3-8H,1-2H3,(H,19,20,21,22). The second-order valence-corrected chi connectivity index (χ2v) is 5.55. The SMILES string of the molecule is CC(C)(c1ccc(-c2nc3ncncc3[nH]2)cc1)C(F)(F)F. The van der Waals surface area contributed by atoms with Crippen molar-refractivity contribution < 1.29 is 13.2 Å². The van der Waals surface area contributed by atoms with E-state index >= 15 is 0 Å². The van der Waals surface area contributed by atoms with Crippen LogP contribution in [0, 0.1) is 0 Å². The summed E-state index contributed by atoms with van der Waals surface area (Å²) in [6.45, 7) is 2.33. The Bertz CT molecular complexity index is 771. The quantitative estimate of drug-likeness (QED) is 0.782. The third-order valence-corrected chi connectivity index (χ3v) is 3.75. The number of halogens is 3. The minimum absolute atomic E-state index is 0.208. The molecule has 114 valence electrons. The van der Waals surface area contributed by atoms with Gasteiger partial charge in [0.2, 0.25) is 0 Å². The molecule has 0 aliphatic rings. The largest absolute Gasteiger partial charge is 0.397 e. The molecule has 1 aromatic carbocycles. The molecule has 0 aliphatic carbocycles. The first kappa shape index (κ1) is 14.5. The zero-order valence-electron chi connectivity index (χ0n) is 11.9. The number of aromatic nitrogens is 4. The minimum Gasteiger partial charge on any atom is -0.335 e. The summed E-state index contributed by atoms with van der Waals surface area (Å²) in [7, 11) is 0. The third kappa shape index (κ3) is 2.32. The van der Waals surface area contributed by atoms with Gasteiger partial charge in [-0.3, -0.25) is 0 Å². The second-order valence-electron chi connectivity index (χ2n) is 5.55. The molecule has 4 nitrogen and oxygen atoms in total. The average Bonchev–Trinajstić information content (AvgIpc) is 2.90. The molecule has 2 heterocycles. The average molecular weight is 306 g/mol. The summed E-state index contributed by atoms with van der Waals surface area (Å²) in [6, 6.07) is 6.19. The van der Waals surface area contributed by atoms with Crippen LogP contribution in [-0.2, 0) is 5.41 Å². The maximum Gasteiger partial charge on any atom is 0.397 e. The van der Waals surface area contributed by atoms with E-state index in [9.17, 15) is 13.2 Å². The van der Waals surface area contributed by atoms with Crippen LogP contribution in [0.25, 0.3) is 22.6 Å². The monoisotopic (exact) mass is 306 g/mol. The van der Waals surface area contributed by atoms with Crippen molar-refractivity contribution in [3.63, 3.8) is 0 Å². The van der Waals surface area contributed by atoms with Crippen LogP contribution in [0.1, 0.15) is 19.4 Å². The Morgan fingerprint density at radius 1 is 1.05 bits per heavy atom.